The summed E-state index contributed by atoms with van der Waals surface area (Å²) in [7, 11) is 0. The molecule has 0 unspecified atom stereocenters. The van der Waals surface area contributed by atoms with Crippen molar-refractivity contribution in [3.8, 4) is 0 Å². The van der Waals surface area contributed by atoms with E-state index in [-0.39, 0.29) is 5.60 Å². The second-order valence-electron chi connectivity index (χ2n) is 7.71. The number of nitrogens with zero attached hydrogens (tertiary/aromatic N) is 4. The van der Waals surface area contributed by atoms with Gasteiger partial charge in [-0.2, -0.15) is 16.9 Å². The van der Waals surface area contributed by atoms with E-state index in [1.165, 1.54) is 32.1 Å². The number of aromatic nitrogens is 3. The van der Waals surface area contributed by atoms with Crippen molar-refractivity contribution in [2.75, 3.05) is 16.8 Å². The molecule has 1 N–H and O–H groups in total. The normalized spacial score (nSPS) is 22.3. The lowest BCUT2D eigenvalue weighted by molar-refractivity contribution is 0.0112. The number of fused-ring (bicyclic) bond motifs is 1. The zero-order valence-electron chi connectivity index (χ0n) is 15.2. The number of hydrogen-bond donors (Lipinski definition) is 1. The highest BCUT2D eigenvalue weighted by atomic mass is 32.2. The first-order chi connectivity index (χ1) is 12.8. The van der Waals surface area contributed by atoms with E-state index in [1.807, 2.05) is 28.8 Å². The molecule has 0 amide bonds. The smallest absolute Gasteiger partial charge is 0.161 e. The van der Waals surface area contributed by atoms with Crippen LogP contribution in [0.5, 0.6) is 0 Å². The molecule has 1 spiro atoms. The van der Waals surface area contributed by atoms with E-state index < -0.39 is 0 Å². The van der Waals surface area contributed by atoms with Gasteiger partial charge in [-0.1, -0.05) is 24.4 Å². The Morgan fingerprint density at radius 2 is 2.12 bits per heavy atom. The molecule has 1 saturated heterocycles. The number of anilines is 1. The first-order valence-electron chi connectivity index (χ1n) is 9.72. The van der Waals surface area contributed by atoms with E-state index in [1.54, 1.807) is 0 Å². The molecule has 1 saturated carbocycles. The highest BCUT2D eigenvalue weighted by molar-refractivity contribution is 8.00. The van der Waals surface area contributed by atoms with Gasteiger partial charge in [-0.25, -0.2) is 9.67 Å². The van der Waals surface area contributed by atoms with Crippen LogP contribution in [0.4, 0.5) is 5.69 Å². The van der Waals surface area contributed by atoms with Crippen LogP contribution in [-0.4, -0.2) is 43.6 Å². The van der Waals surface area contributed by atoms with Crippen molar-refractivity contribution in [1.29, 1.82) is 0 Å². The topological polar surface area (TPSA) is 64.3 Å². The van der Waals surface area contributed by atoms with Gasteiger partial charge in [-0.3, -0.25) is 0 Å². The summed E-state index contributed by atoms with van der Waals surface area (Å²) >= 11 is 1.93. The van der Waals surface area contributed by atoms with Gasteiger partial charge in [0.05, 0.1) is 23.0 Å². The fourth-order valence-corrected chi connectivity index (χ4v) is 5.20. The Kier molecular flexibility index (Phi) is 4.07. The third-order valence-corrected chi connectivity index (χ3v) is 7.26. The standard InChI is InChI=1S/C19H25N5OS/c1-2-24-18-15(10-21-24)17(22-13-6-4-3-5-7-13)14(9-20-18)16-8-19(25-23-16)11-26-12-19/h9-10,13H,2-8,11-12H2,1H3,(H,20,22). The van der Waals surface area contributed by atoms with E-state index in [9.17, 15) is 0 Å². The minimum absolute atomic E-state index is 0.0648. The second kappa shape index (κ2) is 6.44. The fraction of sp³-hybridized carbons (Fsp3) is 0.632. The molecule has 0 radical (unpaired) electrons. The Labute approximate surface area is 157 Å². The molecule has 2 aromatic rings. The van der Waals surface area contributed by atoms with Gasteiger partial charge in [0.1, 0.15) is 0 Å². The Bertz CT molecular complexity index is 851. The molecule has 0 atom stereocenters. The van der Waals surface area contributed by atoms with Crippen molar-refractivity contribution in [2.45, 2.75) is 63.6 Å². The third kappa shape index (κ3) is 2.68. The highest BCUT2D eigenvalue weighted by Crippen LogP contribution is 2.42. The minimum Gasteiger partial charge on any atom is -0.387 e. The summed E-state index contributed by atoms with van der Waals surface area (Å²) in [5, 5.41) is 13.9. The average molecular weight is 372 g/mol. The number of pyridine rings is 1. The van der Waals surface area contributed by atoms with E-state index >= 15 is 0 Å². The number of thioether (sulfide) groups is 1. The van der Waals surface area contributed by atoms with Crippen molar-refractivity contribution < 1.29 is 4.84 Å². The van der Waals surface area contributed by atoms with Crippen LogP contribution in [0.3, 0.4) is 0 Å². The maximum atomic E-state index is 5.82. The van der Waals surface area contributed by atoms with Crippen LogP contribution in [0.1, 0.15) is 51.0 Å². The third-order valence-electron chi connectivity index (χ3n) is 5.80. The molecule has 3 aliphatic rings. The molecule has 2 aromatic heterocycles. The molecule has 4 heterocycles. The first-order valence-corrected chi connectivity index (χ1v) is 10.9. The zero-order chi connectivity index (χ0) is 17.6. The van der Waals surface area contributed by atoms with Gasteiger partial charge in [0.15, 0.2) is 11.2 Å². The fourth-order valence-electron chi connectivity index (χ4n) is 4.23. The van der Waals surface area contributed by atoms with E-state index in [4.69, 9.17) is 9.82 Å². The largest absolute Gasteiger partial charge is 0.387 e. The van der Waals surface area contributed by atoms with Crippen LogP contribution < -0.4 is 5.32 Å². The predicted octanol–water partition coefficient (Wildman–Crippen LogP) is 3.81. The predicted molar refractivity (Wildman–Crippen MR) is 106 cm³/mol. The zero-order valence-corrected chi connectivity index (χ0v) is 16.0. The lowest BCUT2D eigenvalue weighted by Gasteiger charge is -2.34. The van der Waals surface area contributed by atoms with E-state index in [2.05, 4.69) is 22.5 Å². The number of aryl methyl sites for hydroxylation is 1. The molecule has 2 aliphatic heterocycles. The van der Waals surface area contributed by atoms with Gasteiger partial charge < -0.3 is 10.2 Å². The van der Waals surface area contributed by atoms with Gasteiger partial charge in [0.25, 0.3) is 0 Å². The lowest BCUT2D eigenvalue weighted by Crippen LogP contribution is -2.43. The van der Waals surface area contributed by atoms with E-state index in [0.29, 0.717) is 6.04 Å². The van der Waals surface area contributed by atoms with Crippen molar-refractivity contribution in [2.24, 2.45) is 5.16 Å². The number of oxime groups is 1. The summed E-state index contributed by atoms with van der Waals surface area (Å²) in [4.78, 5) is 10.5. The van der Waals surface area contributed by atoms with Crippen LogP contribution >= 0.6 is 11.8 Å². The molecule has 1 aliphatic carbocycles. The highest BCUT2D eigenvalue weighted by Gasteiger charge is 2.46. The van der Waals surface area contributed by atoms with Crippen LogP contribution in [0.15, 0.2) is 17.5 Å². The summed E-state index contributed by atoms with van der Waals surface area (Å²) < 4.78 is 1.96. The van der Waals surface area contributed by atoms with Crippen LogP contribution in [-0.2, 0) is 11.4 Å². The Morgan fingerprint density at radius 3 is 2.81 bits per heavy atom. The van der Waals surface area contributed by atoms with Gasteiger partial charge in [-0.15, -0.1) is 0 Å². The number of hydrogen-bond acceptors (Lipinski definition) is 6. The molecule has 2 fully saturated rings. The summed E-state index contributed by atoms with van der Waals surface area (Å²) in [6, 6.07) is 0.522. The molecule has 5 rings (SSSR count). The minimum atomic E-state index is -0.0648. The average Bonchev–Trinajstić information content (AvgIpc) is 3.27. The van der Waals surface area contributed by atoms with Crippen molar-refractivity contribution in [1.82, 2.24) is 14.8 Å². The molecule has 7 heteroatoms. The molecular weight excluding hydrogens is 346 g/mol. The van der Waals surface area contributed by atoms with Crippen LogP contribution in [0, 0.1) is 0 Å². The maximum absolute atomic E-state index is 5.82. The quantitative estimate of drug-likeness (QED) is 0.885. The number of rotatable bonds is 4. The Morgan fingerprint density at radius 1 is 1.27 bits per heavy atom. The van der Waals surface area contributed by atoms with Crippen molar-refractivity contribution in [3.05, 3.63) is 18.0 Å². The van der Waals surface area contributed by atoms with Crippen LogP contribution in [0.25, 0.3) is 11.0 Å². The summed E-state index contributed by atoms with van der Waals surface area (Å²) in [5.41, 5.74) is 4.15. The molecule has 0 bridgehead atoms. The molecule has 6 nitrogen and oxygen atoms in total. The van der Waals surface area contributed by atoms with Gasteiger partial charge in [-0.05, 0) is 19.8 Å². The van der Waals surface area contributed by atoms with E-state index in [0.717, 1.165) is 52.5 Å². The van der Waals surface area contributed by atoms with Gasteiger partial charge in [0, 0.05) is 42.3 Å². The lowest BCUT2D eigenvalue weighted by atomic mass is 9.93. The van der Waals surface area contributed by atoms with Crippen molar-refractivity contribution in [3.63, 3.8) is 0 Å². The monoisotopic (exact) mass is 371 g/mol. The first kappa shape index (κ1) is 16.4. The number of nitrogens with one attached hydrogen (secondary N) is 1. The molecule has 138 valence electrons. The second-order valence-corrected chi connectivity index (χ2v) is 8.69. The van der Waals surface area contributed by atoms with Crippen molar-refractivity contribution >= 4 is 34.2 Å². The summed E-state index contributed by atoms with van der Waals surface area (Å²) in [6.07, 6.45) is 11.2. The molecule has 26 heavy (non-hydrogen) atoms. The molecule has 0 aromatic carbocycles. The Hall–Kier alpha value is -1.76. The van der Waals surface area contributed by atoms with Gasteiger partial charge in [0.2, 0.25) is 0 Å². The SMILES string of the molecule is CCn1ncc2c(NC3CCCCC3)c(C3=NOC4(CSC4)C3)cnc21. The Balaban J connectivity index is 1.54. The summed E-state index contributed by atoms with van der Waals surface area (Å²) in [5.74, 6) is 2.07. The summed E-state index contributed by atoms with van der Waals surface area (Å²) in [6.45, 7) is 2.92. The van der Waals surface area contributed by atoms with Crippen LogP contribution in [0.2, 0.25) is 0 Å². The maximum Gasteiger partial charge on any atom is 0.161 e. The molecular formula is C19H25N5OS. The van der Waals surface area contributed by atoms with Gasteiger partial charge >= 0.3 is 0 Å².